The van der Waals surface area contributed by atoms with Gasteiger partial charge in [-0.25, -0.2) is 0 Å². The van der Waals surface area contributed by atoms with E-state index in [4.69, 9.17) is 9.94 Å². The number of alkyl halides is 3. The lowest BCUT2D eigenvalue weighted by Crippen LogP contribution is -2.49. The van der Waals surface area contributed by atoms with Gasteiger partial charge in [0.25, 0.3) is 0 Å². The van der Waals surface area contributed by atoms with Crippen molar-refractivity contribution in [2.45, 2.75) is 32.0 Å². The second kappa shape index (κ2) is 6.63. The van der Waals surface area contributed by atoms with Crippen LogP contribution in [-0.2, 0) is 4.79 Å². The fraction of sp³-hybridized carbons (Fsp3) is 0.500. The Labute approximate surface area is 130 Å². The van der Waals surface area contributed by atoms with Gasteiger partial charge in [-0.3, -0.25) is 10.0 Å². The Kier molecular flexibility index (Phi) is 5.00. The Hall–Kier alpha value is -2.00. The van der Waals surface area contributed by atoms with Crippen LogP contribution in [0.3, 0.4) is 0 Å². The summed E-state index contributed by atoms with van der Waals surface area (Å²) in [5.74, 6) is -1.84. The van der Waals surface area contributed by atoms with E-state index in [-0.39, 0.29) is 29.8 Å². The topological polar surface area (TPSA) is 76.1 Å². The molecule has 1 aliphatic heterocycles. The normalized spacial score (nSPS) is 18.7. The zero-order valence-corrected chi connectivity index (χ0v) is 12.3. The van der Waals surface area contributed by atoms with Crippen molar-refractivity contribution in [2.24, 2.45) is 0 Å². The van der Waals surface area contributed by atoms with Gasteiger partial charge in [0.1, 0.15) is 11.9 Å². The molecule has 0 spiro atoms. The molecule has 1 aliphatic rings. The fourth-order valence-electron chi connectivity index (χ4n) is 2.45. The second-order valence-corrected chi connectivity index (χ2v) is 5.38. The number of benzene rings is 1. The van der Waals surface area contributed by atoms with Crippen LogP contribution in [0.2, 0.25) is 0 Å². The number of aryl methyl sites for hydroxylation is 1. The number of ether oxygens (including phenoxy) is 1. The van der Waals surface area contributed by atoms with Crippen LogP contribution in [0, 0.1) is 12.1 Å². The summed E-state index contributed by atoms with van der Waals surface area (Å²) in [7, 11) is 0. The molecule has 0 aliphatic carbocycles. The van der Waals surface area contributed by atoms with E-state index in [1.807, 2.05) is 0 Å². The van der Waals surface area contributed by atoms with Gasteiger partial charge in [-0.05, 0) is 37.5 Å². The molecule has 1 atom stereocenters. The highest BCUT2D eigenvalue weighted by atomic mass is 19.4. The van der Waals surface area contributed by atoms with E-state index < -0.39 is 18.2 Å². The first kappa shape index (κ1) is 17.4. The average Bonchev–Trinajstić information content (AvgIpc) is 2.45. The van der Waals surface area contributed by atoms with Gasteiger partial charge in [-0.15, -0.1) is 0 Å². The molecule has 1 N–H and O–H groups in total. The SMILES string of the molecule is Cc1ccc(N([O-])O)c(O[C@H]2CCCN(C(=O)C(F)(F)F)C2)c1. The quantitative estimate of drug-likeness (QED) is 0.861. The van der Waals surface area contributed by atoms with Gasteiger partial charge >= 0.3 is 12.1 Å². The number of hydrogen-bond acceptors (Lipinski definition) is 5. The zero-order valence-electron chi connectivity index (χ0n) is 12.3. The number of rotatable bonds is 3. The Morgan fingerprint density at radius 2 is 2.17 bits per heavy atom. The van der Waals surface area contributed by atoms with Crippen molar-refractivity contribution in [1.29, 1.82) is 0 Å². The number of nitrogens with zero attached hydrogens (tertiary/aromatic N) is 2. The smallest absolute Gasteiger partial charge is 0.471 e. The number of carbonyl (C=O) groups excluding carboxylic acids is 1. The molecule has 0 saturated carbocycles. The standard InChI is InChI=1S/C14H16F3N2O4/c1-9-4-5-11(19(21)22)12(7-9)23-10-3-2-6-18(8-10)13(20)14(15,16)17/h4-5,7,10,21H,2-3,6,8H2,1H3/q-1/t10-/m0/s1. The maximum atomic E-state index is 12.5. The Balaban J connectivity index is 2.12. The highest BCUT2D eigenvalue weighted by molar-refractivity contribution is 5.82. The van der Waals surface area contributed by atoms with Crippen molar-refractivity contribution < 1.29 is 27.9 Å². The maximum Gasteiger partial charge on any atom is 0.471 e. The first-order valence-electron chi connectivity index (χ1n) is 6.98. The molecule has 2 rings (SSSR count). The van der Waals surface area contributed by atoms with Crippen LogP contribution >= 0.6 is 0 Å². The van der Waals surface area contributed by atoms with Crippen molar-refractivity contribution >= 4 is 11.6 Å². The van der Waals surface area contributed by atoms with Gasteiger partial charge in [0.15, 0.2) is 0 Å². The van der Waals surface area contributed by atoms with E-state index in [2.05, 4.69) is 0 Å². The summed E-state index contributed by atoms with van der Waals surface area (Å²) in [5.41, 5.74) is 0.611. The predicted octanol–water partition coefficient (Wildman–Crippen LogP) is 2.62. The first-order chi connectivity index (χ1) is 10.7. The van der Waals surface area contributed by atoms with E-state index in [1.54, 1.807) is 13.0 Å². The predicted molar refractivity (Wildman–Crippen MR) is 75.1 cm³/mol. The number of halogens is 3. The van der Waals surface area contributed by atoms with Gasteiger partial charge in [0.2, 0.25) is 0 Å². The van der Waals surface area contributed by atoms with Gasteiger partial charge in [0, 0.05) is 6.54 Å². The summed E-state index contributed by atoms with van der Waals surface area (Å²) in [6.07, 6.45) is -4.81. The fourth-order valence-corrected chi connectivity index (χ4v) is 2.45. The van der Waals surface area contributed by atoms with Crippen LogP contribution in [0.15, 0.2) is 18.2 Å². The molecule has 1 fully saturated rings. The molecule has 0 radical (unpaired) electrons. The third-order valence-electron chi connectivity index (χ3n) is 3.52. The van der Waals surface area contributed by atoms with Gasteiger partial charge < -0.3 is 20.1 Å². The number of likely N-dealkylation sites (tertiary alicyclic amines) is 1. The summed E-state index contributed by atoms with van der Waals surface area (Å²) in [5, 5.41) is 19.8. The summed E-state index contributed by atoms with van der Waals surface area (Å²) in [6, 6.07) is 4.43. The minimum absolute atomic E-state index is 0.00651. The Morgan fingerprint density at radius 1 is 1.48 bits per heavy atom. The molecule has 128 valence electrons. The molecule has 1 saturated heterocycles. The number of piperidine rings is 1. The van der Waals surface area contributed by atoms with Crippen molar-refractivity contribution in [2.75, 3.05) is 18.3 Å². The van der Waals surface area contributed by atoms with Gasteiger partial charge in [-0.1, -0.05) is 6.07 Å². The second-order valence-electron chi connectivity index (χ2n) is 5.38. The summed E-state index contributed by atoms with van der Waals surface area (Å²) in [6.45, 7) is 1.52. The zero-order chi connectivity index (χ0) is 17.2. The minimum atomic E-state index is -4.92. The third kappa shape index (κ3) is 4.26. The van der Waals surface area contributed by atoms with Crippen molar-refractivity contribution in [3.8, 4) is 5.75 Å². The number of anilines is 1. The maximum absolute atomic E-state index is 12.5. The van der Waals surface area contributed by atoms with E-state index in [0.717, 1.165) is 5.56 Å². The molecule has 9 heteroatoms. The van der Waals surface area contributed by atoms with Crippen LogP contribution in [0.5, 0.6) is 5.75 Å². The lowest BCUT2D eigenvalue weighted by atomic mass is 10.1. The minimum Gasteiger partial charge on any atom is -0.733 e. The number of carbonyl (C=O) groups is 1. The lowest BCUT2D eigenvalue weighted by Gasteiger charge is -2.34. The number of hydrogen-bond donors (Lipinski definition) is 1. The van der Waals surface area contributed by atoms with Crippen LogP contribution in [0.4, 0.5) is 18.9 Å². The van der Waals surface area contributed by atoms with E-state index in [9.17, 15) is 23.2 Å². The molecule has 1 heterocycles. The molecule has 23 heavy (non-hydrogen) atoms. The lowest BCUT2D eigenvalue weighted by molar-refractivity contribution is -0.187. The molecule has 1 aromatic carbocycles. The Bertz CT molecular complexity index is 578. The Morgan fingerprint density at radius 3 is 2.78 bits per heavy atom. The molecular formula is C14H16F3N2O4-. The van der Waals surface area contributed by atoms with Crippen LogP contribution in [0.1, 0.15) is 18.4 Å². The van der Waals surface area contributed by atoms with Crippen molar-refractivity contribution in [1.82, 2.24) is 4.90 Å². The average molecular weight is 333 g/mol. The number of amides is 1. The van der Waals surface area contributed by atoms with Gasteiger partial charge in [-0.2, -0.15) is 13.2 Å². The van der Waals surface area contributed by atoms with Crippen molar-refractivity contribution in [3.63, 3.8) is 0 Å². The first-order valence-corrected chi connectivity index (χ1v) is 6.98. The highest BCUT2D eigenvalue weighted by Crippen LogP contribution is 2.31. The molecular weight excluding hydrogens is 317 g/mol. The molecule has 0 bridgehead atoms. The van der Waals surface area contributed by atoms with E-state index in [1.165, 1.54) is 12.1 Å². The monoisotopic (exact) mass is 333 g/mol. The summed E-state index contributed by atoms with van der Waals surface area (Å²) in [4.78, 5) is 12.0. The summed E-state index contributed by atoms with van der Waals surface area (Å²) < 4.78 is 43.1. The van der Waals surface area contributed by atoms with Crippen LogP contribution in [-0.4, -0.2) is 41.4 Å². The van der Waals surface area contributed by atoms with Crippen LogP contribution < -0.4 is 9.96 Å². The van der Waals surface area contributed by atoms with Crippen molar-refractivity contribution in [3.05, 3.63) is 29.0 Å². The molecule has 6 nitrogen and oxygen atoms in total. The van der Waals surface area contributed by atoms with Crippen LogP contribution in [0.25, 0.3) is 0 Å². The molecule has 1 amide bonds. The molecule has 1 aromatic rings. The van der Waals surface area contributed by atoms with Gasteiger partial charge in [0.05, 0.1) is 12.2 Å². The van der Waals surface area contributed by atoms with E-state index in [0.29, 0.717) is 17.7 Å². The summed E-state index contributed by atoms with van der Waals surface area (Å²) >= 11 is 0. The largest absolute Gasteiger partial charge is 0.733 e. The van der Waals surface area contributed by atoms with E-state index >= 15 is 0 Å². The highest BCUT2D eigenvalue weighted by Gasteiger charge is 2.43. The molecule has 0 unspecified atom stereocenters. The molecule has 0 aromatic heterocycles. The third-order valence-corrected chi connectivity index (χ3v) is 3.52.